The summed E-state index contributed by atoms with van der Waals surface area (Å²) in [6.07, 6.45) is 6.87. The van der Waals surface area contributed by atoms with Gasteiger partial charge < -0.3 is 10.2 Å². The molecular weight excluding hydrogens is 244 g/mol. The number of hydrogen-bond donors (Lipinski definition) is 2. The zero-order valence-corrected chi connectivity index (χ0v) is 13.3. The van der Waals surface area contributed by atoms with E-state index in [-0.39, 0.29) is 0 Å². The smallest absolute Gasteiger partial charge is 0.103 e. The molecule has 1 aromatic carbocycles. The summed E-state index contributed by atoms with van der Waals surface area (Å²) in [6, 6.07) is 12.6. The Hall–Kier alpha value is -0.860. The second kappa shape index (κ2) is 8.43. The average Bonchev–Trinajstić information content (AvgIpc) is 2.48. The molecule has 1 heterocycles. The predicted octanol–water partition coefficient (Wildman–Crippen LogP) is 1.38. The van der Waals surface area contributed by atoms with Crippen molar-refractivity contribution in [3.8, 4) is 0 Å². The minimum absolute atomic E-state index is 0.815. The monoisotopic (exact) mass is 276 g/mol. The van der Waals surface area contributed by atoms with Gasteiger partial charge in [0.1, 0.15) is 6.54 Å². The number of quaternary nitrogens is 2. The fourth-order valence-corrected chi connectivity index (χ4v) is 3.39. The maximum absolute atomic E-state index is 2.65. The number of unbranched alkanes of at least 4 members (excludes halogenated alkanes) is 1. The molecule has 1 aromatic rings. The van der Waals surface area contributed by atoms with Crippen LogP contribution in [0.3, 0.4) is 0 Å². The van der Waals surface area contributed by atoms with E-state index in [4.69, 9.17) is 0 Å². The normalized spacial score (nSPS) is 24.5. The second-order valence-corrected chi connectivity index (χ2v) is 6.56. The first-order valence-electron chi connectivity index (χ1n) is 8.50. The highest BCUT2D eigenvalue weighted by molar-refractivity contribution is 5.13. The van der Waals surface area contributed by atoms with Crippen LogP contribution < -0.4 is 10.2 Å². The van der Waals surface area contributed by atoms with E-state index in [2.05, 4.69) is 49.5 Å². The molecule has 0 saturated carbocycles. The van der Waals surface area contributed by atoms with Gasteiger partial charge in [0.25, 0.3) is 0 Å². The molecule has 3 N–H and O–H groups in total. The van der Waals surface area contributed by atoms with E-state index >= 15 is 0 Å². The molecule has 2 heteroatoms. The molecule has 1 atom stereocenters. The number of rotatable bonds is 7. The molecule has 0 aliphatic carbocycles. The average molecular weight is 276 g/mol. The molecule has 0 bridgehead atoms. The van der Waals surface area contributed by atoms with Crippen molar-refractivity contribution in [2.24, 2.45) is 0 Å². The third-order valence-corrected chi connectivity index (χ3v) is 4.65. The molecule has 112 valence electrons. The van der Waals surface area contributed by atoms with Gasteiger partial charge in [-0.15, -0.1) is 0 Å². The topological polar surface area (TPSA) is 21.1 Å². The molecule has 1 fully saturated rings. The van der Waals surface area contributed by atoms with Gasteiger partial charge >= 0.3 is 0 Å². The van der Waals surface area contributed by atoms with Crippen molar-refractivity contribution in [2.45, 2.75) is 64.6 Å². The fraction of sp³-hybridized carbons (Fsp3) is 0.667. The van der Waals surface area contributed by atoms with E-state index < -0.39 is 0 Å². The van der Waals surface area contributed by atoms with Crippen LogP contribution in [0.2, 0.25) is 0 Å². The first kappa shape index (κ1) is 15.5. The lowest BCUT2D eigenvalue weighted by molar-refractivity contribution is -0.927. The van der Waals surface area contributed by atoms with Crippen LogP contribution in [0.5, 0.6) is 0 Å². The van der Waals surface area contributed by atoms with Gasteiger partial charge in [0.2, 0.25) is 0 Å². The summed E-state index contributed by atoms with van der Waals surface area (Å²) >= 11 is 0. The number of nitrogens with two attached hydrogens (primary N) is 1. The van der Waals surface area contributed by atoms with Crippen molar-refractivity contribution in [3.63, 3.8) is 0 Å². The lowest BCUT2D eigenvalue weighted by Crippen LogP contribution is -3.14. The Morgan fingerprint density at radius 2 is 1.90 bits per heavy atom. The lowest BCUT2D eigenvalue weighted by atomic mass is 10.0. The zero-order valence-electron chi connectivity index (χ0n) is 13.3. The molecular formula is C18H32N2+2. The Morgan fingerprint density at radius 3 is 2.55 bits per heavy atom. The van der Waals surface area contributed by atoms with Crippen LogP contribution in [0.4, 0.5) is 0 Å². The number of nitrogens with one attached hydrogen (secondary N) is 1. The van der Waals surface area contributed by atoms with Crippen LogP contribution in [0.1, 0.15) is 51.5 Å². The molecule has 0 radical (unpaired) electrons. The van der Waals surface area contributed by atoms with Gasteiger partial charge in [-0.1, -0.05) is 43.7 Å². The molecule has 1 saturated heterocycles. The molecule has 1 aliphatic heterocycles. The maximum Gasteiger partial charge on any atom is 0.103 e. The molecule has 0 unspecified atom stereocenters. The first-order valence-corrected chi connectivity index (χ1v) is 8.50. The van der Waals surface area contributed by atoms with Gasteiger partial charge in [-0.2, -0.15) is 0 Å². The van der Waals surface area contributed by atoms with Crippen LogP contribution in [0.15, 0.2) is 30.3 Å². The number of hydrogen-bond acceptors (Lipinski definition) is 0. The highest BCUT2D eigenvalue weighted by atomic mass is 15.1. The quantitative estimate of drug-likeness (QED) is 0.751. The van der Waals surface area contributed by atoms with Crippen LogP contribution in [-0.4, -0.2) is 25.2 Å². The van der Waals surface area contributed by atoms with Gasteiger partial charge in [0, 0.05) is 18.4 Å². The summed E-state index contributed by atoms with van der Waals surface area (Å²) in [5.74, 6) is 0. The summed E-state index contributed by atoms with van der Waals surface area (Å²) < 4.78 is 0. The molecule has 0 aromatic heterocycles. The van der Waals surface area contributed by atoms with E-state index in [9.17, 15) is 0 Å². The Morgan fingerprint density at radius 1 is 1.20 bits per heavy atom. The van der Waals surface area contributed by atoms with Crippen LogP contribution >= 0.6 is 0 Å². The number of benzene rings is 1. The highest BCUT2D eigenvalue weighted by Gasteiger charge is 2.25. The highest BCUT2D eigenvalue weighted by Crippen LogP contribution is 2.01. The second-order valence-electron chi connectivity index (χ2n) is 6.56. The van der Waals surface area contributed by atoms with Gasteiger partial charge in [-0.25, -0.2) is 0 Å². The molecule has 2 rings (SSSR count). The first-order chi connectivity index (χ1) is 9.78. The lowest BCUT2D eigenvalue weighted by Gasteiger charge is -2.29. The zero-order chi connectivity index (χ0) is 14.2. The Balaban J connectivity index is 1.67. The fourth-order valence-electron chi connectivity index (χ4n) is 3.39. The van der Waals surface area contributed by atoms with Crippen molar-refractivity contribution >= 4 is 0 Å². The van der Waals surface area contributed by atoms with E-state index in [1.807, 2.05) is 0 Å². The Labute approximate surface area is 124 Å². The van der Waals surface area contributed by atoms with Gasteiger partial charge in [0.05, 0.1) is 25.2 Å². The van der Waals surface area contributed by atoms with Crippen LogP contribution in [0, 0.1) is 0 Å². The third kappa shape index (κ3) is 5.26. The standard InChI is InChI=1S/C18H30N2/c1-3-4-8-16(2)19-18-11-13-20(14-12-18)15-17-9-6-5-7-10-17/h5-7,9-10,16,18-19H,3-4,8,11-15H2,1-2H3/p+2/t16-/m1/s1. The minimum Gasteiger partial charge on any atom is -0.341 e. The maximum atomic E-state index is 2.65. The van der Waals surface area contributed by atoms with E-state index in [0.717, 1.165) is 12.1 Å². The summed E-state index contributed by atoms with van der Waals surface area (Å²) in [5.41, 5.74) is 1.49. The van der Waals surface area contributed by atoms with Gasteiger partial charge in [0.15, 0.2) is 0 Å². The van der Waals surface area contributed by atoms with Gasteiger partial charge in [-0.3, -0.25) is 0 Å². The van der Waals surface area contributed by atoms with Crippen molar-refractivity contribution < 1.29 is 10.2 Å². The largest absolute Gasteiger partial charge is 0.341 e. The SMILES string of the molecule is CCCC[C@@H](C)[NH2+]C1CC[NH+](Cc2ccccc2)CC1. The molecule has 0 amide bonds. The van der Waals surface area contributed by atoms with E-state index in [1.54, 1.807) is 4.90 Å². The van der Waals surface area contributed by atoms with Crippen LogP contribution in [0.25, 0.3) is 0 Å². The molecule has 1 aliphatic rings. The summed E-state index contributed by atoms with van der Waals surface area (Å²) in [6.45, 7) is 8.59. The number of likely N-dealkylation sites (tertiary alicyclic amines) is 1. The van der Waals surface area contributed by atoms with Crippen LogP contribution in [-0.2, 0) is 6.54 Å². The van der Waals surface area contributed by atoms with Gasteiger partial charge in [-0.05, 0) is 19.8 Å². The van der Waals surface area contributed by atoms with Crippen molar-refractivity contribution in [1.29, 1.82) is 0 Å². The molecule has 2 nitrogen and oxygen atoms in total. The third-order valence-electron chi connectivity index (χ3n) is 4.65. The van der Waals surface area contributed by atoms with Crippen molar-refractivity contribution in [3.05, 3.63) is 35.9 Å². The summed E-state index contributed by atoms with van der Waals surface area (Å²) in [5, 5.41) is 2.65. The summed E-state index contributed by atoms with van der Waals surface area (Å²) in [4.78, 5) is 1.77. The molecule has 0 spiro atoms. The number of piperidine rings is 1. The predicted molar refractivity (Wildman–Crippen MR) is 84.8 cm³/mol. The van der Waals surface area contributed by atoms with E-state index in [1.165, 1.54) is 57.3 Å². The van der Waals surface area contributed by atoms with E-state index in [0.29, 0.717) is 0 Å². The minimum atomic E-state index is 0.815. The Bertz CT molecular complexity index is 355. The molecule has 20 heavy (non-hydrogen) atoms. The summed E-state index contributed by atoms with van der Waals surface area (Å²) in [7, 11) is 0. The van der Waals surface area contributed by atoms with Crippen molar-refractivity contribution in [2.75, 3.05) is 13.1 Å². The van der Waals surface area contributed by atoms with Crippen molar-refractivity contribution in [1.82, 2.24) is 0 Å². The Kier molecular flexibility index (Phi) is 6.55.